The number of carbonyl (C=O) groups is 1. The van der Waals surface area contributed by atoms with Gasteiger partial charge in [0.2, 0.25) is 0 Å². The van der Waals surface area contributed by atoms with Gasteiger partial charge in [0, 0.05) is 11.5 Å². The van der Waals surface area contributed by atoms with Crippen LogP contribution >= 0.6 is 0 Å². The summed E-state index contributed by atoms with van der Waals surface area (Å²) in [5.74, 6) is -0.489. The van der Waals surface area contributed by atoms with E-state index in [-0.39, 0.29) is 29.7 Å². The lowest BCUT2D eigenvalue weighted by Gasteiger charge is -2.22. The largest absolute Gasteiger partial charge is 0.455 e. The van der Waals surface area contributed by atoms with Crippen LogP contribution in [0.15, 0.2) is 23.8 Å². The molecule has 2 heterocycles. The van der Waals surface area contributed by atoms with Crippen LogP contribution in [-0.4, -0.2) is 35.0 Å². The predicted molar refractivity (Wildman–Crippen MR) is 69.4 cm³/mol. The van der Waals surface area contributed by atoms with Gasteiger partial charge in [-0.1, -0.05) is 12.7 Å². The van der Waals surface area contributed by atoms with Gasteiger partial charge < -0.3 is 14.6 Å². The van der Waals surface area contributed by atoms with Crippen molar-refractivity contribution in [1.82, 2.24) is 0 Å². The lowest BCUT2D eigenvalue weighted by molar-refractivity contribution is -0.140. The fraction of sp³-hybridized carbons (Fsp3) is 0.667. The van der Waals surface area contributed by atoms with Crippen LogP contribution in [0.5, 0.6) is 0 Å². The second-order valence-corrected chi connectivity index (χ2v) is 6.09. The van der Waals surface area contributed by atoms with Crippen LogP contribution in [0.4, 0.5) is 0 Å². The minimum absolute atomic E-state index is 0.0558. The summed E-state index contributed by atoms with van der Waals surface area (Å²) in [6, 6.07) is 0. The van der Waals surface area contributed by atoms with Crippen LogP contribution in [-0.2, 0) is 14.3 Å². The van der Waals surface area contributed by atoms with Crippen LogP contribution in [0, 0.1) is 5.92 Å². The number of ether oxygens (including phenoxy) is 2. The Kier molecular flexibility index (Phi) is 2.84. The molecule has 0 saturated carbocycles. The zero-order chi connectivity index (χ0) is 13.8. The van der Waals surface area contributed by atoms with E-state index in [1.807, 2.05) is 6.92 Å². The van der Waals surface area contributed by atoms with Gasteiger partial charge in [-0.15, -0.1) is 0 Å². The number of allylic oxidation sites excluding steroid dienone is 1. The molecule has 4 nitrogen and oxygen atoms in total. The first kappa shape index (κ1) is 12.9. The molecule has 2 saturated heterocycles. The standard InChI is InChI=1S/C15H20O4/c1-8-5-4-6-15(3)13(19-15)12-10(7-11(8)16)9(2)14(17)18-12/h5,10-13,16H,2,4,6-7H2,1,3H3/b8-5-. The van der Waals surface area contributed by atoms with Crippen molar-refractivity contribution in [2.45, 2.75) is 57.0 Å². The highest BCUT2D eigenvalue weighted by Gasteiger charge is 2.61. The fourth-order valence-electron chi connectivity index (χ4n) is 3.20. The first-order valence-electron chi connectivity index (χ1n) is 6.85. The van der Waals surface area contributed by atoms with Crippen molar-refractivity contribution in [2.75, 3.05) is 0 Å². The van der Waals surface area contributed by atoms with Crippen LogP contribution in [0.25, 0.3) is 0 Å². The highest BCUT2D eigenvalue weighted by molar-refractivity contribution is 5.91. The van der Waals surface area contributed by atoms with Gasteiger partial charge >= 0.3 is 5.97 Å². The molecule has 0 spiro atoms. The van der Waals surface area contributed by atoms with Crippen LogP contribution in [0.3, 0.4) is 0 Å². The van der Waals surface area contributed by atoms with Gasteiger partial charge in [0.1, 0.15) is 12.2 Å². The first-order chi connectivity index (χ1) is 8.92. The molecule has 1 aliphatic carbocycles. The normalized spacial score (nSPS) is 48.7. The van der Waals surface area contributed by atoms with Gasteiger partial charge in [-0.2, -0.15) is 0 Å². The number of epoxide rings is 1. The summed E-state index contributed by atoms with van der Waals surface area (Å²) in [5.41, 5.74) is 1.22. The summed E-state index contributed by atoms with van der Waals surface area (Å²) in [6.07, 6.45) is 3.42. The lowest BCUT2D eigenvalue weighted by atomic mass is 9.83. The van der Waals surface area contributed by atoms with Crippen molar-refractivity contribution in [3.63, 3.8) is 0 Å². The number of esters is 1. The smallest absolute Gasteiger partial charge is 0.334 e. The minimum Gasteiger partial charge on any atom is -0.455 e. The van der Waals surface area contributed by atoms with E-state index in [4.69, 9.17) is 9.47 Å². The van der Waals surface area contributed by atoms with E-state index in [1.54, 1.807) is 0 Å². The third kappa shape index (κ3) is 2.03. The van der Waals surface area contributed by atoms with Gasteiger partial charge in [-0.3, -0.25) is 0 Å². The molecule has 1 N–H and O–H groups in total. The van der Waals surface area contributed by atoms with E-state index < -0.39 is 6.10 Å². The van der Waals surface area contributed by atoms with Crippen molar-refractivity contribution < 1.29 is 19.4 Å². The van der Waals surface area contributed by atoms with Gasteiger partial charge in [0.05, 0.1) is 11.7 Å². The number of carbonyl (C=O) groups excluding carboxylic acids is 1. The fourth-order valence-corrected chi connectivity index (χ4v) is 3.20. The molecule has 3 rings (SSSR count). The van der Waals surface area contributed by atoms with E-state index in [2.05, 4.69) is 19.6 Å². The predicted octanol–water partition coefficient (Wildman–Crippen LogP) is 1.73. The van der Waals surface area contributed by atoms with E-state index >= 15 is 0 Å². The Bertz CT molecular complexity index is 467. The van der Waals surface area contributed by atoms with Crippen LogP contribution in [0.2, 0.25) is 0 Å². The third-order valence-electron chi connectivity index (χ3n) is 4.70. The van der Waals surface area contributed by atoms with Crippen molar-refractivity contribution in [2.24, 2.45) is 5.92 Å². The van der Waals surface area contributed by atoms with E-state index in [0.29, 0.717) is 12.0 Å². The second kappa shape index (κ2) is 4.18. The Hall–Kier alpha value is -1.13. The molecule has 3 aliphatic rings. The molecule has 0 radical (unpaired) electrons. The molecular weight excluding hydrogens is 244 g/mol. The molecule has 0 aromatic carbocycles. The molecule has 0 aromatic heterocycles. The summed E-state index contributed by atoms with van der Waals surface area (Å²) in [5, 5.41) is 10.2. The van der Waals surface area contributed by atoms with Crippen LogP contribution in [0.1, 0.15) is 33.1 Å². The number of fused-ring (bicyclic) bond motifs is 3. The Balaban J connectivity index is 1.91. The summed E-state index contributed by atoms with van der Waals surface area (Å²) in [6.45, 7) is 7.81. The molecule has 0 bridgehead atoms. The van der Waals surface area contributed by atoms with Crippen molar-refractivity contribution in [3.8, 4) is 0 Å². The molecular formula is C15H20O4. The topological polar surface area (TPSA) is 59.1 Å². The zero-order valence-electron chi connectivity index (χ0n) is 11.4. The van der Waals surface area contributed by atoms with Crippen molar-refractivity contribution >= 4 is 5.97 Å². The number of hydrogen-bond donors (Lipinski definition) is 1. The minimum atomic E-state index is -0.540. The van der Waals surface area contributed by atoms with E-state index in [1.165, 1.54) is 0 Å². The van der Waals surface area contributed by atoms with Crippen molar-refractivity contribution in [1.29, 1.82) is 0 Å². The van der Waals surface area contributed by atoms with Gasteiger partial charge in [0.25, 0.3) is 0 Å². The number of rotatable bonds is 0. The summed E-state index contributed by atoms with van der Waals surface area (Å²) < 4.78 is 11.2. The third-order valence-corrected chi connectivity index (χ3v) is 4.70. The molecule has 5 atom stereocenters. The molecule has 104 valence electrons. The molecule has 0 amide bonds. The number of hydrogen-bond acceptors (Lipinski definition) is 4. The van der Waals surface area contributed by atoms with E-state index in [9.17, 15) is 9.90 Å². The molecule has 0 aromatic rings. The number of aliphatic hydroxyl groups excluding tert-OH is 1. The second-order valence-electron chi connectivity index (χ2n) is 6.09. The Morgan fingerprint density at radius 2 is 2.26 bits per heavy atom. The van der Waals surface area contributed by atoms with Gasteiger partial charge in [-0.05, 0) is 38.7 Å². The SMILES string of the molecule is C=C1C(=O)OC2C1CC(O)/C(C)=C\CCC1(C)OC21. The van der Waals surface area contributed by atoms with Crippen LogP contribution < -0.4 is 0 Å². The summed E-state index contributed by atoms with van der Waals surface area (Å²) >= 11 is 0. The number of aliphatic hydroxyl groups is 1. The Morgan fingerprint density at radius 1 is 1.53 bits per heavy atom. The summed E-state index contributed by atoms with van der Waals surface area (Å²) in [7, 11) is 0. The maximum Gasteiger partial charge on any atom is 0.334 e. The van der Waals surface area contributed by atoms with Crippen molar-refractivity contribution in [3.05, 3.63) is 23.8 Å². The quantitative estimate of drug-likeness (QED) is 0.313. The van der Waals surface area contributed by atoms with E-state index in [0.717, 1.165) is 18.4 Å². The summed E-state index contributed by atoms with van der Waals surface area (Å²) in [4.78, 5) is 11.7. The first-order valence-corrected chi connectivity index (χ1v) is 6.85. The average Bonchev–Trinajstić information content (AvgIpc) is 2.95. The van der Waals surface area contributed by atoms with Gasteiger partial charge in [-0.25, -0.2) is 4.79 Å². The van der Waals surface area contributed by atoms with Gasteiger partial charge in [0.15, 0.2) is 0 Å². The molecule has 4 heteroatoms. The molecule has 2 fully saturated rings. The highest BCUT2D eigenvalue weighted by Crippen LogP contribution is 2.49. The molecule has 2 aliphatic heterocycles. The molecule has 5 unspecified atom stereocenters. The average molecular weight is 264 g/mol. The maximum absolute atomic E-state index is 11.7. The zero-order valence-corrected chi connectivity index (χ0v) is 11.4. The lowest BCUT2D eigenvalue weighted by Crippen LogP contribution is -2.31. The Morgan fingerprint density at radius 3 is 3.00 bits per heavy atom. The monoisotopic (exact) mass is 264 g/mol. The maximum atomic E-state index is 11.7. The molecule has 19 heavy (non-hydrogen) atoms. The highest BCUT2D eigenvalue weighted by atomic mass is 16.6. The Labute approximate surface area is 113 Å².